The van der Waals surface area contributed by atoms with Crippen LogP contribution >= 0.6 is 0 Å². The number of benzene rings is 4. The minimum absolute atomic E-state index is 0. The van der Waals surface area contributed by atoms with Gasteiger partial charge in [0.15, 0.2) is 60.4 Å². The van der Waals surface area contributed by atoms with E-state index in [9.17, 15) is 91.7 Å². The minimum atomic E-state index is -1.52. The smallest absolute Gasteiger partial charge is 0.347 e. The van der Waals surface area contributed by atoms with Gasteiger partial charge < -0.3 is 102 Å². The number of carbonyl (C=O) groups excluding carboxylic acids is 17. The van der Waals surface area contributed by atoms with E-state index in [1.54, 1.807) is 92.7 Å². The van der Waals surface area contributed by atoms with Crippen LogP contribution in [0, 0.1) is 5.92 Å². The van der Waals surface area contributed by atoms with Crippen molar-refractivity contribution >= 4 is 101 Å². The van der Waals surface area contributed by atoms with Gasteiger partial charge in [-0.1, -0.05) is 106 Å². The number of ether oxygens (including phenoxy) is 15. The second kappa shape index (κ2) is 58.8. The Morgan fingerprint density at radius 3 is 1.02 bits per heavy atom. The molecule has 0 aromatic heterocycles. The van der Waals surface area contributed by atoms with E-state index in [0.717, 1.165) is 25.0 Å². The van der Waals surface area contributed by atoms with Crippen molar-refractivity contribution < 1.29 is 168 Å². The van der Waals surface area contributed by atoms with E-state index < -0.39 is 180 Å². The summed E-state index contributed by atoms with van der Waals surface area (Å²) in [7, 11) is 4.42. The number of aromatic hydroxyl groups is 1. The Balaban J connectivity index is 0.000000954. The van der Waals surface area contributed by atoms with Gasteiger partial charge in [-0.25, -0.2) is 52.7 Å². The maximum atomic E-state index is 13.4. The van der Waals surface area contributed by atoms with E-state index in [1.807, 2.05) is 6.07 Å². The normalized spacial score (nSPS) is 13.8. The number of esters is 12. The molecule has 0 saturated carbocycles. The van der Waals surface area contributed by atoms with Crippen molar-refractivity contribution in [2.75, 3.05) is 61.0 Å². The molecule has 4 aromatic carbocycles. The molecule has 38 nitrogen and oxygen atoms in total. The number of hydrogen-bond donors (Lipinski definition) is 6. The molecular formula is C85H115N3O35. The van der Waals surface area contributed by atoms with Gasteiger partial charge >= 0.3 is 71.6 Å². The van der Waals surface area contributed by atoms with Gasteiger partial charge in [0.2, 0.25) is 11.8 Å². The van der Waals surface area contributed by atoms with Crippen molar-refractivity contribution in [3.05, 3.63) is 137 Å². The Bertz CT molecular complexity index is 4040. The number of rotatable bonds is 49. The zero-order valence-electron chi connectivity index (χ0n) is 70.8. The van der Waals surface area contributed by atoms with Gasteiger partial charge in [-0.15, -0.1) is 0 Å². The maximum Gasteiger partial charge on any atom is 0.347 e. The average molecular weight is 1740 g/mol. The standard InChI is InChI=1S/C36H46N2O14.C27H37NO12.C21H28O9.CH4/c1-21(39)33(44)51-23(3)35(46)52-24(4)34(45)50-22(2)32(43)38-28(19-26-11-13-27(40)14-12-26)30(41)15-16-31(42)37-29(36(47)49-18-17-48-5)20-25-9-7-6-8-10-25;1-16(29)24(32)39-18(3)26(34)40-19(4)25(33)38-17(2)22(30)11-12-23(31)28-21(27(35)37-14-13-36-5)15-20-9-7-6-8-10-20;1-13(2)18(22)29-15(4)20(24)30-14(3)19(23)28-12-16-6-8-17(9-7-16)21(25)27-11-10-26-5;/h6-14,21-24,28-29,39-40H,15-20H2,1-5H3,(H,37,42)(H,38,43);6-10,16-19,21,29H,11-15H2,1-5H3,(H,28,31);6-9,13-15H,10-12H2,1-5H3;1H4. The lowest BCUT2D eigenvalue weighted by Crippen LogP contribution is -2.48. The number of phenols is 1. The summed E-state index contributed by atoms with van der Waals surface area (Å²) in [5.74, 6) is -14.0. The fourth-order valence-corrected chi connectivity index (χ4v) is 9.45. The summed E-state index contributed by atoms with van der Waals surface area (Å²) < 4.78 is 74.4. The molecule has 0 radical (unpaired) electrons. The van der Waals surface area contributed by atoms with Crippen LogP contribution in [0.2, 0.25) is 0 Å². The Labute approximate surface area is 712 Å². The molecular weight excluding hydrogens is 1620 g/mol. The zero-order valence-corrected chi connectivity index (χ0v) is 70.8. The molecule has 4 rings (SSSR count). The first kappa shape index (κ1) is 109. The molecule has 0 aliphatic rings. The summed E-state index contributed by atoms with van der Waals surface area (Å²) in [5.41, 5.74) is 3.10. The van der Waals surface area contributed by atoms with Crippen LogP contribution in [-0.4, -0.2) is 256 Å². The molecule has 0 aliphatic heterocycles. The van der Waals surface area contributed by atoms with Crippen LogP contribution in [0.25, 0.3) is 0 Å². The number of aliphatic hydroxyl groups excluding tert-OH is 2. The van der Waals surface area contributed by atoms with Crippen LogP contribution in [0.3, 0.4) is 0 Å². The monoisotopic (exact) mass is 1740 g/mol. The van der Waals surface area contributed by atoms with Gasteiger partial charge in [0.1, 0.15) is 56.5 Å². The summed E-state index contributed by atoms with van der Waals surface area (Å²) in [5, 5.41) is 35.8. The number of Topliss-reactive ketones (excluding diaryl/α,β-unsaturated/α-hetero) is 2. The Kier molecular flexibility index (Phi) is 52.0. The molecule has 38 heteroatoms. The number of phenolic OH excluding ortho intramolecular Hbond substituents is 1. The highest BCUT2D eigenvalue weighted by Gasteiger charge is 2.34. The minimum Gasteiger partial charge on any atom is -0.508 e. The molecule has 680 valence electrons. The van der Waals surface area contributed by atoms with E-state index in [1.165, 1.54) is 101 Å². The van der Waals surface area contributed by atoms with Crippen molar-refractivity contribution in [2.24, 2.45) is 5.92 Å². The number of ketones is 2. The lowest BCUT2D eigenvalue weighted by molar-refractivity contribution is -0.181. The van der Waals surface area contributed by atoms with Gasteiger partial charge in [-0.3, -0.25) is 28.8 Å². The molecule has 13 unspecified atom stereocenters. The molecule has 13 atom stereocenters. The highest BCUT2D eigenvalue weighted by Crippen LogP contribution is 2.17. The predicted octanol–water partition coefficient (Wildman–Crippen LogP) is 3.98. The predicted molar refractivity (Wildman–Crippen MR) is 430 cm³/mol. The molecule has 0 saturated heterocycles. The molecule has 0 aliphatic carbocycles. The topological polar surface area (TPSA) is 525 Å². The second-order valence-electron chi connectivity index (χ2n) is 27.4. The van der Waals surface area contributed by atoms with Crippen molar-refractivity contribution in [2.45, 2.75) is 221 Å². The number of carbonyl (C=O) groups is 17. The summed E-state index contributed by atoms with van der Waals surface area (Å²) in [4.78, 5) is 209. The fraction of sp³-hybridized carbons (Fsp3) is 0.518. The summed E-state index contributed by atoms with van der Waals surface area (Å²) in [6.07, 6.45) is -14.8. The lowest BCUT2D eigenvalue weighted by Gasteiger charge is -2.22. The molecule has 0 spiro atoms. The first-order valence-corrected chi connectivity index (χ1v) is 38.6. The van der Waals surface area contributed by atoms with Gasteiger partial charge in [0.25, 0.3) is 5.91 Å². The third kappa shape index (κ3) is 44.3. The van der Waals surface area contributed by atoms with E-state index in [-0.39, 0.29) is 104 Å². The highest BCUT2D eigenvalue weighted by molar-refractivity contribution is 5.95. The van der Waals surface area contributed by atoms with Gasteiger partial charge in [0.05, 0.1) is 37.3 Å². The van der Waals surface area contributed by atoms with E-state index >= 15 is 0 Å². The average Bonchev–Trinajstić information content (AvgIpc) is 0.864. The number of aliphatic hydroxyl groups is 2. The summed E-state index contributed by atoms with van der Waals surface area (Å²) in [6.45, 7) is 16.3. The van der Waals surface area contributed by atoms with Gasteiger partial charge in [-0.05, 0) is 122 Å². The summed E-state index contributed by atoms with van der Waals surface area (Å²) in [6, 6.07) is 26.9. The second-order valence-corrected chi connectivity index (χ2v) is 27.4. The van der Waals surface area contributed by atoms with Crippen LogP contribution in [0.5, 0.6) is 5.75 Å². The van der Waals surface area contributed by atoms with Gasteiger partial charge in [-0.2, -0.15) is 0 Å². The van der Waals surface area contributed by atoms with Crippen molar-refractivity contribution in [3.63, 3.8) is 0 Å². The molecule has 3 amide bonds. The lowest BCUT2D eigenvalue weighted by atomic mass is 9.98. The third-order valence-corrected chi connectivity index (χ3v) is 16.5. The highest BCUT2D eigenvalue weighted by atomic mass is 16.7. The summed E-state index contributed by atoms with van der Waals surface area (Å²) >= 11 is 0. The number of methoxy groups -OCH3 is 3. The Morgan fingerprint density at radius 2 is 0.634 bits per heavy atom. The first-order chi connectivity index (χ1) is 57.6. The molecule has 0 fully saturated rings. The Morgan fingerprint density at radius 1 is 0.309 bits per heavy atom. The van der Waals surface area contributed by atoms with Crippen LogP contribution in [0.15, 0.2) is 109 Å². The quantitative estimate of drug-likeness (QED) is 0.0207. The van der Waals surface area contributed by atoms with Crippen LogP contribution < -0.4 is 16.0 Å². The fourth-order valence-electron chi connectivity index (χ4n) is 9.45. The molecule has 0 bridgehead atoms. The number of amides is 3. The van der Waals surface area contributed by atoms with Crippen molar-refractivity contribution in [1.29, 1.82) is 0 Å². The maximum absolute atomic E-state index is 13.4. The van der Waals surface area contributed by atoms with E-state index in [2.05, 4.69) is 20.7 Å². The van der Waals surface area contributed by atoms with Crippen LogP contribution in [0.4, 0.5) is 0 Å². The number of hydrogen-bond acceptors (Lipinski definition) is 35. The molecule has 0 heterocycles. The molecule has 123 heavy (non-hydrogen) atoms. The molecule has 4 aromatic rings. The van der Waals surface area contributed by atoms with E-state index in [4.69, 9.17) is 71.4 Å². The van der Waals surface area contributed by atoms with Crippen LogP contribution in [-0.2, 0) is 174 Å². The van der Waals surface area contributed by atoms with Crippen LogP contribution in [0.1, 0.15) is 149 Å². The zero-order chi connectivity index (χ0) is 91.7. The third-order valence-electron chi connectivity index (χ3n) is 16.5. The number of nitrogens with one attached hydrogen (secondary N) is 3. The largest absolute Gasteiger partial charge is 0.508 e. The van der Waals surface area contributed by atoms with Crippen molar-refractivity contribution in [3.8, 4) is 5.75 Å². The van der Waals surface area contributed by atoms with E-state index in [0.29, 0.717) is 23.3 Å². The SMILES string of the molecule is C.COCCOC(=O)C(Cc1ccccc1)NC(=O)CCC(=O)C(C)OC(=O)C(C)OC(=O)C(C)OC(=O)C(C)O.COCCOC(=O)C(Cc1ccccc1)NC(=O)CCC(=O)C(Cc1ccc(O)cc1)NC(=O)C(C)OC(=O)C(C)OC(=O)C(C)OC(=O)C(C)O.COCCOC(=O)c1ccc(COC(=O)C(C)OC(=O)C(C)OC(=O)C(C)C)cc1. The molecule has 6 N–H and O–H groups in total. The van der Waals surface area contributed by atoms with Crippen molar-refractivity contribution in [1.82, 2.24) is 16.0 Å². The Hall–Kier alpha value is -12.1. The first-order valence-electron chi connectivity index (χ1n) is 38.6. The van der Waals surface area contributed by atoms with Gasteiger partial charge in [0, 0.05) is 59.9 Å².